The molecule has 5 nitrogen and oxygen atoms in total. The van der Waals surface area contributed by atoms with Gasteiger partial charge in [0.15, 0.2) is 0 Å². The second-order valence-electron chi connectivity index (χ2n) is 6.03. The van der Waals surface area contributed by atoms with Crippen molar-refractivity contribution in [3.63, 3.8) is 0 Å². The first kappa shape index (κ1) is 15.2. The van der Waals surface area contributed by atoms with E-state index < -0.39 is 5.97 Å². The zero-order valence-corrected chi connectivity index (χ0v) is 13.6. The maximum atomic E-state index is 10.9. The second kappa shape index (κ2) is 5.94. The summed E-state index contributed by atoms with van der Waals surface area (Å²) in [5.41, 5.74) is 4.99. The van der Waals surface area contributed by atoms with Crippen LogP contribution in [-0.2, 0) is 6.54 Å². The van der Waals surface area contributed by atoms with Crippen molar-refractivity contribution in [2.75, 3.05) is 0 Å². The number of carboxylic acids is 1. The molecule has 2 aromatic carbocycles. The van der Waals surface area contributed by atoms with Crippen molar-refractivity contribution in [1.82, 2.24) is 9.72 Å². The van der Waals surface area contributed by atoms with Gasteiger partial charge in [-0.15, -0.1) is 0 Å². The molecule has 4 rings (SSSR count). The molecule has 0 atom stereocenters. The molecule has 0 spiro atoms. The molecule has 0 aliphatic heterocycles. The van der Waals surface area contributed by atoms with Gasteiger partial charge in [0.05, 0.1) is 0 Å². The van der Waals surface area contributed by atoms with Crippen LogP contribution in [0.4, 0.5) is 0 Å². The number of benzene rings is 2. The van der Waals surface area contributed by atoms with Gasteiger partial charge >= 0.3 is 5.97 Å². The molecule has 2 aromatic heterocycles. The molecule has 4 aromatic rings. The Labute approximate surface area is 144 Å². The summed E-state index contributed by atoms with van der Waals surface area (Å²) < 4.78 is 7.02. The van der Waals surface area contributed by atoms with E-state index in [2.05, 4.69) is 47.1 Å². The fourth-order valence-corrected chi connectivity index (χ4v) is 3.00. The zero-order valence-electron chi connectivity index (χ0n) is 13.6. The van der Waals surface area contributed by atoms with Crippen molar-refractivity contribution in [2.24, 2.45) is 0 Å². The molecular formula is C20H16N2O3. The van der Waals surface area contributed by atoms with E-state index in [0.29, 0.717) is 5.69 Å². The van der Waals surface area contributed by atoms with Crippen LogP contribution in [0.1, 0.15) is 21.7 Å². The zero-order chi connectivity index (χ0) is 17.4. The Morgan fingerprint density at radius 2 is 1.96 bits per heavy atom. The molecule has 0 aliphatic carbocycles. The van der Waals surface area contributed by atoms with Crippen LogP contribution in [-0.4, -0.2) is 20.8 Å². The van der Waals surface area contributed by atoms with Crippen molar-refractivity contribution >= 4 is 16.9 Å². The van der Waals surface area contributed by atoms with Gasteiger partial charge in [0.25, 0.3) is 0 Å². The van der Waals surface area contributed by atoms with Crippen molar-refractivity contribution in [3.8, 4) is 11.3 Å². The smallest absolute Gasteiger partial charge is 0.374 e. The third-order valence-electron chi connectivity index (χ3n) is 4.36. The number of hydrogen-bond acceptors (Lipinski definition) is 3. The number of aromatic carboxylic acids is 1. The van der Waals surface area contributed by atoms with Gasteiger partial charge in [-0.3, -0.25) is 0 Å². The summed E-state index contributed by atoms with van der Waals surface area (Å²) in [6.45, 7) is 2.89. The SMILES string of the molecule is Cc1cccc2c1ccn2Cc1ccc(-c2cc(C(=O)O)on2)cc1. The Morgan fingerprint density at radius 3 is 2.68 bits per heavy atom. The summed E-state index contributed by atoms with van der Waals surface area (Å²) in [5.74, 6) is -1.28. The van der Waals surface area contributed by atoms with Gasteiger partial charge in [-0.2, -0.15) is 0 Å². The number of hydrogen-bond donors (Lipinski definition) is 1. The summed E-state index contributed by atoms with van der Waals surface area (Å²) in [7, 11) is 0. The van der Waals surface area contributed by atoms with E-state index in [1.807, 2.05) is 24.3 Å². The summed E-state index contributed by atoms with van der Waals surface area (Å²) in [5, 5.41) is 14.0. The van der Waals surface area contributed by atoms with Crippen LogP contribution in [0, 0.1) is 6.92 Å². The van der Waals surface area contributed by atoms with E-state index >= 15 is 0 Å². The van der Waals surface area contributed by atoms with Crippen molar-refractivity contribution < 1.29 is 14.4 Å². The van der Waals surface area contributed by atoms with Crippen LogP contribution in [0.15, 0.2) is 65.3 Å². The lowest BCUT2D eigenvalue weighted by atomic mass is 10.1. The van der Waals surface area contributed by atoms with Gasteiger partial charge < -0.3 is 14.2 Å². The van der Waals surface area contributed by atoms with Crippen LogP contribution >= 0.6 is 0 Å². The van der Waals surface area contributed by atoms with E-state index in [0.717, 1.165) is 17.7 Å². The quantitative estimate of drug-likeness (QED) is 0.603. The van der Waals surface area contributed by atoms with Gasteiger partial charge in [0.2, 0.25) is 5.76 Å². The lowest BCUT2D eigenvalue weighted by molar-refractivity contribution is 0.0652. The van der Waals surface area contributed by atoms with Crippen molar-refractivity contribution in [3.05, 3.63) is 77.7 Å². The maximum absolute atomic E-state index is 10.9. The Morgan fingerprint density at radius 1 is 1.16 bits per heavy atom. The minimum atomic E-state index is -1.12. The largest absolute Gasteiger partial charge is 0.475 e. The molecule has 0 saturated heterocycles. The molecule has 0 unspecified atom stereocenters. The minimum absolute atomic E-state index is 0.159. The molecule has 0 fully saturated rings. The molecule has 0 amide bonds. The molecule has 124 valence electrons. The first-order valence-corrected chi connectivity index (χ1v) is 7.95. The third kappa shape index (κ3) is 2.80. The second-order valence-corrected chi connectivity index (χ2v) is 6.03. The third-order valence-corrected chi connectivity index (χ3v) is 4.36. The molecule has 0 aliphatic rings. The minimum Gasteiger partial charge on any atom is -0.475 e. The van der Waals surface area contributed by atoms with E-state index in [1.165, 1.54) is 22.5 Å². The van der Waals surface area contributed by atoms with E-state index in [-0.39, 0.29) is 5.76 Å². The highest BCUT2D eigenvalue weighted by Crippen LogP contribution is 2.23. The number of nitrogens with zero attached hydrogens (tertiary/aromatic N) is 2. The average Bonchev–Trinajstić information content (AvgIpc) is 3.24. The van der Waals surface area contributed by atoms with Crippen LogP contribution in [0.2, 0.25) is 0 Å². The first-order valence-electron chi connectivity index (χ1n) is 7.95. The number of aryl methyl sites for hydroxylation is 1. The summed E-state index contributed by atoms with van der Waals surface area (Å²) >= 11 is 0. The standard InChI is InChI=1S/C20H16N2O3/c1-13-3-2-4-18-16(13)9-10-22(18)12-14-5-7-15(8-6-14)17-11-19(20(23)24)25-21-17/h2-11H,12H2,1H3,(H,23,24). The molecule has 0 bridgehead atoms. The highest BCUT2D eigenvalue weighted by Gasteiger charge is 2.12. The molecule has 1 N–H and O–H groups in total. The number of rotatable bonds is 4. The predicted molar refractivity (Wildman–Crippen MR) is 94.7 cm³/mol. The Kier molecular flexibility index (Phi) is 3.61. The number of carbonyl (C=O) groups is 1. The van der Waals surface area contributed by atoms with Crippen molar-refractivity contribution in [2.45, 2.75) is 13.5 Å². The summed E-state index contributed by atoms with van der Waals surface area (Å²) in [6, 6.07) is 17.8. The molecule has 2 heterocycles. The van der Waals surface area contributed by atoms with Gasteiger partial charge in [-0.25, -0.2) is 4.79 Å². The monoisotopic (exact) mass is 332 g/mol. The fraction of sp³-hybridized carbons (Fsp3) is 0.100. The predicted octanol–water partition coefficient (Wildman–Crippen LogP) is 4.35. The first-order chi connectivity index (χ1) is 12.1. The Bertz CT molecular complexity index is 1060. The molecule has 0 saturated carbocycles. The fourth-order valence-electron chi connectivity index (χ4n) is 3.00. The topological polar surface area (TPSA) is 68.3 Å². The van der Waals surface area contributed by atoms with E-state index in [1.54, 1.807) is 0 Å². The van der Waals surface area contributed by atoms with Crippen molar-refractivity contribution in [1.29, 1.82) is 0 Å². The number of aromatic nitrogens is 2. The van der Waals surface area contributed by atoms with Gasteiger partial charge in [0, 0.05) is 35.3 Å². The number of fused-ring (bicyclic) bond motifs is 1. The van der Waals surface area contributed by atoms with E-state index in [9.17, 15) is 4.79 Å². The lowest BCUT2D eigenvalue weighted by Crippen LogP contribution is -1.97. The Balaban J connectivity index is 1.59. The van der Waals surface area contributed by atoms with Crippen LogP contribution in [0.3, 0.4) is 0 Å². The van der Waals surface area contributed by atoms with Gasteiger partial charge in [-0.1, -0.05) is 41.6 Å². The lowest BCUT2D eigenvalue weighted by Gasteiger charge is -2.07. The van der Waals surface area contributed by atoms with Gasteiger partial charge in [0.1, 0.15) is 5.69 Å². The molecule has 5 heteroatoms. The van der Waals surface area contributed by atoms with Crippen LogP contribution < -0.4 is 0 Å². The summed E-state index contributed by atoms with van der Waals surface area (Å²) in [6.07, 6.45) is 2.10. The van der Waals surface area contributed by atoms with Crippen LogP contribution in [0.5, 0.6) is 0 Å². The normalized spacial score (nSPS) is 11.1. The highest BCUT2D eigenvalue weighted by molar-refractivity contribution is 5.85. The molecule has 25 heavy (non-hydrogen) atoms. The highest BCUT2D eigenvalue weighted by atomic mass is 16.5. The average molecular weight is 332 g/mol. The van der Waals surface area contributed by atoms with Crippen LogP contribution in [0.25, 0.3) is 22.2 Å². The molecule has 0 radical (unpaired) electrons. The van der Waals surface area contributed by atoms with E-state index in [4.69, 9.17) is 9.63 Å². The Hall–Kier alpha value is -3.34. The maximum Gasteiger partial charge on any atom is 0.374 e. The summed E-state index contributed by atoms with van der Waals surface area (Å²) in [4.78, 5) is 10.9. The number of carboxylic acid groups (broad SMARTS) is 1. The molecular weight excluding hydrogens is 316 g/mol. The van der Waals surface area contributed by atoms with Gasteiger partial charge in [-0.05, 0) is 30.2 Å².